The lowest BCUT2D eigenvalue weighted by atomic mass is 9.97. The van der Waals surface area contributed by atoms with Gasteiger partial charge in [-0.2, -0.15) is 0 Å². The molecule has 0 saturated carbocycles. The molecule has 3 rings (SSSR count). The molecule has 1 aromatic heterocycles. The van der Waals surface area contributed by atoms with Crippen molar-refractivity contribution in [3.63, 3.8) is 0 Å². The van der Waals surface area contributed by atoms with Crippen molar-refractivity contribution in [2.24, 2.45) is 5.73 Å². The molecule has 106 valence electrons. The molecule has 0 radical (unpaired) electrons. The number of halogens is 2. The molecule has 21 heavy (non-hydrogen) atoms. The first kappa shape index (κ1) is 14.0. The van der Waals surface area contributed by atoms with Crippen molar-refractivity contribution in [1.82, 2.24) is 4.98 Å². The summed E-state index contributed by atoms with van der Waals surface area (Å²) in [6.45, 7) is 0. The molecule has 1 unspecified atom stereocenters. The van der Waals surface area contributed by atoms with Gasteiger partial charge in [0, 0.05) is 17.6 Å². The van der Waals surface area contributed by atoms with E-state index in [1.54, 1.807) is 18.3 Å². The third kappa shape index (κ3) is 2.89. The quantitative estimate of drug-likeness (QED) is 0.784. The van der Waals surface area contributed by atoms with Gasteiger partial charge in [-0.3, -0.25) is 4.98 Å². The largest absolute Gasteiger partial charge is 0.324 e. The highest BCUT2D eigenvalue weighted by molar-refractivity contribution is 6.30. The molecule has 0 aliphatic carbocycles. The lowest BCUT2D eigenvalue weighted by Gasteiger charge is -2.14. The normalized spacial score (nSPS) is 12.5. The van der Waals surface area contributed by atoms with Gasteiger partial charge in [0.1, 0.15) is 5.82 Å². The van der Waals surface area contributed by atoms with Gasteiger partial charge in [0.2, 0.25) is 0 Å². The van der Waals surface area contributed by atoms with Crippen LogP contribution in [0.1, 0.15) is 17.2 Å². The zero-order valence-electron chi connectivity index (χ0n) is 11.3. The Morgan fingerprint density at radius 3 is 2.76 bits per heavy atom. The van der Waals surface area contributed by atoms with Crippen molar-refractivity contribution in [1.29, 1.82) is 0 Å². The summed E-state index contributed by atoms with van der Waals surface area (Å²) in [5.41, 5.74) is 9.12. The summed E-state index contributed by atoms with van der Waals surface area (Å²) in [5.74, 6) is -0.429. The Morgan fingerprint density at radius 1 is 1.14 bits per heavy atom. The molecule has 2 aromatic carbocycles. The van der Waals surface area contributed by atoms with E-state index in [-0.39, 0.29) is 11.1 Å². The van der Waals surface area contributed by atoms with Crippen LogP contribution >= 0.6 is 11.6 Å². The highest BCUT2D eigenvalue weighted by Gasteiger charge is 2.11. The number of rotatable bonds is 3. The summed E-state index contributed by atoms with van der Waals surface area (Å²) in [7, 11) is 0. The molecule has 0 bridgehead atoms. The Balaban J connectivity index is 1.92. The number of pyridine rings is 1. The molecule has 2 N–H and O–H groups in total. The standard InChI is InChI=1S/C17H14ClFN2/c18-14-9-12(5-6-15(14)19)16(20)10-11-7-8-21-17-4-2-1-3-13(11)17/h1-9,16H,10,20H2. The van der Waals surface area contributed by atoms with E-state index in [1.807, 2.05) is 30.3 Å². The number of aromatic nitrogens is 1. The van der Waals surface area contributed by atoms with Crippen LogP contribution in [0.3, 0.4) is 0 Å². The van der Waals surface area contributed by atoms with E-state index >= 15 is 0 Å². The number of para-hydroxylation sites is 1. The zero-order valence-corrected chi connectivity index (χ0v) is 12.0. The molecule has 1 heterocycles. The average molecular weight is 301 g/mol. The maximum absolute atomic E-state index is 13.2. The van der Waals surface area contributed by atoms with Crippen LogP contribution < -0.4 is 5.73 Å². The van der Waals surface area contributed by atoms with E-state index < -0.39 is 5.82 Å². The fourth-order valence-electron chi connectivity index (χ4n) is 2.43. The minimum Gasteiger partial charge on any atom is -0.324 e. The van der Waals surface area contributed by atoms with E-state index in [0.717, 1.165) is 22.0 Å². The number of benzene rings is 2. The predicted molar refractivity (Wildman–Crippen MR) is 83.8 cm³/mol. The number of fused-ring (bicyclic) bond motifs is 1. The van der Waals surface area contributed by atoms with E-state index in [2.05, 4.69) is 4.98 Å². The van der Waals surface area contributed by atoms with Gasteiger partial charge in [-0.05, 0) is 41.8 Å². The summed E-state index contributed by atoms with van der Waals surface area (Å²) in [6.07, 6.45) is 2.42. The van der Waals surface area contributed by atoms with Crippen LogP contribution in [-0.2, 0) is 6.42 Å². The molecule has 0 saturated heterocycles. The fourth-order valence-corrected chi connectivity index (χ4v) is 2.62. The lowest BCUT2D eigenvalue weighted by Crippen LogP contribution is -2.13. The number of nitrogens with two attached hydrogens (primary N) is 1. The maximum atomic E-state index is 13.2. The number of hydrogen-bond acceptors (Lipinski definition) is 2. The lowest BCUT2D eigenvalue weighted by molar-refractivity contribution is 0.625. The Bertz CT molecular complexity index is 783. The molecule has 4 heteroatoms. The minimum atomic E-state index is -0.429. The second-order valence-electron chi connectivity index (χ2n) is 4.97. The van der Waals surface area contributed by atoms with Gasteiger partial charge >= 0.3 is 0 Å². The second-order valence-corrected chi connectivity index (χ2v) is 5.38. The Morgan fingerprint density at radius 2 is 1.95 bits per heavy atom. The van der Waals surface area contributed by atoms with Crippen LogP contribution in [0.2, 0.25) is 5.02 Å². The molecular formula is C17H14ClFN2. The highest BCUT2D eigenvalue weighted by Crippen LogP contribution is 2.24. The molecule has 0 amide bonds. The fraction of sp³-hybridized carbons (Fsp3) is 0.118. The topological polar surface area (TPSA) is 38.9 Å². The van der Waals surface area contributed by atoms with Gasteiger partial charge in [-0.1, -0.05) is 35.9 Å². The van der Waals surface area contributed by atoms with Crippen LogP contribution in [0.5, 0.6) is 0 Å². The average Bonchev–Trinajstić information content (AvgIpc) is 2.50. The summed E-state index contributed by atoms with van der Waals surface area (Å²) in [6, 6.07) is 14.3. The third-order valence-corrected chi connectivity index (χ3v) is 3.84. The first-order valence-electron chi connectivity index (χ1n) is 6.68. The Hall–Kier alpha value is -1.97. The first-order valence-corrected chi connectivity index (χ1v) is 7.06. The molecule has 0 aliphatic heterocycles. The summed E-state index contributed by atoms with van der Waals surface area (Å²) in [5, 5.41) is 1.19. The molecule has 2 nitrogen and oxygen atoms in total. The van der Waals surface area contributed by atoms with Gasteiger partial charge in [-0.25, -0.2) is 4.39 Å². The van der Waals surface area contributed by atoms with E-state index in [0.29, 0.717) is 6.42 Å². The van der Waals surface area contributed by atoms with E-state index in [9.17, 15) is 4.39 Å². The molecule has 3 aromatic rings. The Labute approximate surface area is 127 Å². The van der Waals surface area contributed by atoms with Crippen molar-refractivity contribution in [3.8, 4) is 0 Å². The van der Waals surface area contributed by atoms with Crippen LogP contribution in [0.15, 0.2) is 54.7 Å². The number of nitrogens with zero attached hydrogens (tertiary/aromatic N) is 1. The second kappa shape index (κ2) is 5.80. The Kier molecular flexibility index (Phi) is 3.86. The monoisotopic (exact) mass is 300 g/mol. The van der Waals surface area contributed by atoms with Crippen LogP contribution in [0.25, 0.3) is 10.9 Å². The van der Waals surface area contributed by atoms with Crippen molar-refractivity contribution < 1.29 is 4.39 Å². The third-order valence-electron chi connectivity index (χ3n) is 3.55. The van der Waals surface area contributed by atoms with Crippen molar-refractivity contribution >= 4 is 22.5 Å². The zero-order chi connectivity index (χ0) is 14.8. The first-order chi connectivity index (χ1) is 10.1. The molecule has 0 aliphatic rings. The van der Waals surface area contributed by atoms with Gasteiger partial charge in [0.25, 0.3) is 0 Å². The molecular weight excluding hydrogens is 287 g/mol. The minimum absolute atomic E-state index is 0.0996. The van der Waals surface area contributed by atoms with Crippen LogP contribution in [0, 0.1) is 5.82 Å². The van der Waals surface area contributed by atoms with E-state index in [4.69, 9.17) is 17.3 Å². The van der Waals surface area contributed by atoms with Crippen LogP contribution in [0.4, 0.5) is 4.39 Å². The highest BCUT2D eigenvalue weighted by atomic mass is 35.5. The molecule has 1 atom stereocenters. The van der Waals surface area contributed by atoms with Crippen molar-refractivity contribution in [2.45, 2.75) is 12.5 Å². The van der Waals surface area contributed by atoms with Crippen molar-refractivity contribution in [3.05, 3.63) is 76.7 Å². The molecule has 0 spiro atoms. The van der Waals surface area contributed by atoms with Crippen molar-refractivity contribution in [2.75, 3.05) is 0 Å². The summed E-state index contributed by atoms with van der Waals surface area (Å²) in [4.78, 5) is 4.34. The maximum Gasteiger partial charge on any atom is 0.141 e. The van der Waals surface area contributed by atoms with Gasteiger partial charge in [0.05, 0.1) is 10.5 Å². The van der Waals surface area contributed by atoms with Gasteiger partial charge in [-0.15, -0.1) is 0 Å². The summed E-state index contributed by atoms with van der Waals surface area (Å²) < 4.78 is 13.2. The number of hydrogen-bond donors (Lipinski definition) is 1. The van der Waals surface area contributed by atoms with Gasteiger partial charge in [0.15, 0.2) is 0 Å². The predicted octanol–water partition coefficient (Wildman–Crippen LogP) is 4.27. The van der Waals surface area contributed by atoms with Gasteiger partial charge < -0.3 is 5.73 Å². The SMILES string of the molecule is NC(Cc1ccnc2ccccc12)c1ccc(F)c(Cl)c1. The van der Waals surface area contributed by atoms with E-state index in [1.165, 1.54) is 6.07 Å². The van der Waals surface area contributed by atoms with Crippen LogP contribution in [-0.4, -0.2) is 4.98 Å². The molecule has 0 fully saturated rings. The summed E-state index contributed by atoms with van der Waals surface area (Å²) >= 11 is 5.82. The smallest absolute Gasteiger partial charge is 0.141 e.